The standard InChI is InChI=1S/C22H15Cl2F7N2O3/c23-14-5-13(6-15(24)18(14)25)20(22(29,30)31)7-16(32-36-20)11-1-3-12(4-2-11)19(35)9-33(10-19)17(34)8-21(26,27)28/h1-7,32,35H,8-10H2. The molecule has 2 aliphatic rings. The number of carbonyl (C=O) groups is 1. The number of amides is 1. The minimum absolute atomic E-state index is 0.113. The van der Waals surface area contributed by atoms with Crippen molar-refractivity contribution in [3.8, 4) is 0 Å². The maximum absolute atomic E-state index is 14.1. The van der Waals surface area contributed by atoms with E-state index in [4.69, 9.17) is 28.0 Å². The highest BCUT2D eigenvalue weighted by molar-refractivity contribution is 6.35. The molecule has 2 N–H and O–H groups in total. The highest BCUT2D eigenvalue weighted by atomic mass is 35.5. The fourth-order valence-electron chi connectivity index (χ4n) is 3.94. The lowest BCUT2D eigenvalue weighted by Crippen LogP contribution is -2.61. The van der Waals surface area contributed by atoms with Crippen molar-refractivity contribution in [3.63, 3.8) is 0 Å². The Balaban J connectivity index is 1.57. The molecule has 0 spiro atoms. The van der Waals surface area contributed by atoms with Gasteiger partial charge in [0, 0.05) is 5.56 Å². The molecule has 2 aromatic rings. The summed E-state index contributed by atoms with van der Waals surface area (Å²) in [7, 11) is 0. The Morgan fingerprint density at radius 3 is 2.08 bits per heavy atom. The van der Waals surface area contributed by atoms with Gasteiger partial charge in [0.05, 0.1) is 28.8 Å². The van der Waals surface area contributed by atoms with Crippen LogP contribution in [0.1, 0.15) is 23.1 Å². The van der Waals surface area contributed by atoms with E-state index in [1.54, 1.807) is 0 Å². The normalized spacial score (nSPS) is 21.6. The quantitative estimate of drug-likeness (QED) is 0.387. The largest absolute Gasteiger partial charge is 0.428 e. The number of alkyl halides is 6. The van der Waals surface area contributed by atoms with Crippen LogP contribution in [0.2, 0.25) is 10.0 Å². The molecule has 5 nitrogen and oxygen atoms in total. The van der Waals surface area contributed by atoms with Gasteiger partial charge in [0.25, 0.3) is 0 Å². The third-order valence-corrected chi connectivity index (χ3v) is 6.40. The van der Waals surface area contributed by atoms with Crippen LogP contribution in [0.4, 0.5) is 30.7 Å². The van der Waals surface area contributed by atoms with Gasteiger partial charge in [-0.05, 0) is 29.3 Å². The highest BCUT2D eigenvalue weighted by Crippen LogP contribution is 2.48. The molecule has 194 valence electrons. The molecule has 2 heterocycles. The first-order valence-corrected chi connectivity index (χ1v) is 10.9. The molecule has 2 aromatic carbocycles. The van der Waals surface area contributed by atoms with E-state index in [1.165, 1.54) is 24.3 Å². The fraction of sp³-hybridized carbons (Fsp3) is 0.318. The Morgan fingerprint density at radius 1 is 1.03 bits per heavy atom. The maximum atomic E-state index is 14.1. The number of hydrogen-bond donors (Lipinski definition) is 2. The van der Waals surface area contributed by atoms with Crippen molar-refractivity contribution in [2.45, 2.75) is 30.0 Å². The molecule has 1 amide bonds. The van der Waals surface area contributed by atoms with Crippen molar-refractivity contribution in [1.29, 1.82) is 0 Å². The number of benzene rings is 2. The molecule has 0 saturated carbocycles. The Labute approximate surface area is 209 Å². The summed E-state index contributed by atoms with van der Waals surface area (Å²) in [6.07, 6.45) is -10.6. The lowest BCUT2D eigenvalue weighted by molar-refractivity contribution is -0.269. The van der Waals surface area contributed by atoms with Gasteiger partial charge in [-0.3, -0.25) is 15.1 Å². The minimum Gasteiger partial charge on any atom is -0.381 e. The van der Waals surface area contributed by atoms with Crippen molar-refractivity contribution in [2.75, 3.05) is 13.1 Å². The Kier molecular flexibility index (Phi) is 6.47. The molecule has 0 bridgehead atoms. The number of hydroxylamine groups is 1. The molecule has 2 aliphatic heterocycles. The zero-order valence-corrected chi connectivity index (χ0v) is 19.3. The van der Waals surface area contributed by atoms with Gasteiger partial charge in [0.1, 0.15) is 12.0 Å². The first-order valence-electron chi connectivity index (χ1n) is 10.1. The van der Waals surface area contributed by atoms with Crippen molar-refractivity contribution in [2.24, 2.45) is 0 Å². The van der Waals surface area contributed by atoms with E-state index in [9.17, 15) is 40.6 Å². The third-order valence-electron chi connectivity index (χ3n) is 5.85. The average molecular weight is 559 g/mol. The van der Waals surface area contributed by atoms with Crippen LogP contribution in [-0.2, 0) is 20.8 Å². The number of likely N-dealkylation sites (tertiary alicyclic amines) is 1. The van der Waals surface area contributed by atoms with Gasteiger partial charge in [-0.2, -0.15) is 26.3 Å². The molecule has 0 aliphatic carbocycles. The Bertz CT molecular complexity index is 1200. The van der Waals surface area contributed by atoms with Crippen molar-refractivity contribution in [3.05, 3.63) is 75.0 Å². The summed E-state index contributed by atoms with van der Waals surface area (Å²) in [5.41, 5.74) is -2.69. The predicted octanol–water partition coefficient (Wildman–Crippen LogP) is 5.45. The summed E-state index contributed by atoms with van der Waals surface area (Å²) in [5, 5.41) is 9.37. The zero-order valence-electron chi connectivity index (χ0n) is 17.8. The second kappa shape index (κ2) is 8.79. The van der Waals surface area contributed by atoms with E-state index in [1.807, 2.05) is 0 Å². The van der Waals surface area contributed by atoms with Crippen molar-refractivity contribution in [1.82, 2.24) is 10.4 Å². The van der Waals surface area contributed by atoms with Gasteiger partial charge in [0.15, 0.2) is 5.82 Å². The van der Waals surface area contributed by atoms with E-state index >= 15 is 0 Å². The van der Waals surface area contributed by atoms with Crippen LogP contribution in [0.15, 0.2) is 42.5 Å². The minimum atomic E-state index is -5.01. The van der Waals surface area contributed by atoms with Gasteiger partial charge in [-0.15, -0.1) is 0 Å². The molecular weight excluding hydrogens is 544 g/mol. The summed E-state index contributed by atoms with van der Waals surface area (Å²) in [4.78, 5) is 17.4. The van der Waals surface area contributed by atoms with Crippen LogP contribution >= 0.6 is 23.2 Å². The van der Waals surface area contributed by atoms with Crippen LogP contribution in [-0.4, -0.2) is 41.4 Å². The predicted molar refractivity (Wildman–Crippen MR) is 114 cm³/mol. The Morgan fingerprint density at radius 2 is 1.58 bits per heavy atom. The summed E-state index contributed by atoms with van der Waals surface area (Å²) >= 11 is 11.4. The van der Waals surface area contributed by atoms with Crippen molar-refractivity contribution < 1.29 is 45.5 Å². The first-order chi connectivity index (χ1) is 16.5. The zero-order chi connectivity index (χ0) is 26.7. The summed E-state index contributed by atoms with van der Waals surface area (Å²) in [6.45, 7) is -0.733. The van der Waals surface area contributed by atoms with Gasteiger partial charge >= 0.3 is 12.4 Å². The smallest absolute Gasteiger partial charge is 0.381 e. The number of nitrogens with zero attached hydrogens (tertiary/aromatic N) is 1. The molecule has 0 aromatic heterocycles. The second-order valence-corrected chi connectivity index (χ2v) is 9.21. The van der Waals surface area contributed by atoms with Crippen LogP contribution in [0.3, 0.4) is 0 Å². The first kappa shape index (κ1) is 26.5. The van der Waals surface area contributed by atoms with Crippen LogP contribution in [0, 0.1) is 5.82 Å². The van der Waals surface area contributed by atoms with Crippen LogP contribution in [0.25, 0.3) is 5.70 Å². The average Bonchev–Trinajstić information content (AvgIpc) is 3.21. The lowest BCUT2D eigenvalue weighted by Gasteiger charge is -2.46. The molecule has 1 fully saturated rings. The Hall–Kier alpha value is -2.54. The number of β-amino-alcohol motifs (C(OH)–C–C–N with tert-alkyl or cyclic N) is 1. The fourth-order valence-corrected chi connectivity index (χ4v) is 4.43. The van der Waals surface area contributed by atoms with Crippen LogP contribution in [0.5, 0.6) is 0 Å². The molecule has 36 heavy (non-hydrogen) atoms. The van der Waals surface area contributed by atoms with E-state index in [0.29, 0.717) is 0 Å². The molecule has 14 heteroatoms. The van der Waals surface area contributed by atoms with E-state index in [-0.39, 0.29) is 29.9 Å². The number of carbonyl (C=O) groups excluding carboxylic acids is 1. The van der Waals surface area contributed by atoms with Gasteiger partial charge in [0.2, 0.25) is 11.5 Å². The second-order valence-electron chi connectivity index (χ2n) is 8.40. The molecule has 0 radical (unpaired) electrons. The molecule has 4 rings (SSSR count). The molecule has 1 saturated heterocycles. The number of hydrogen-bond acceptors (Lipinski definition) is 4. The van der Waals surface area contributed by atoms with E-state index in [2.05, 4.69) is 5.48 Å². The summed E-state index contributed by atoms with van der Waals surface area (Å²) < 4.78 is 93.3. The number of halogens is 9. The lowest BCUT2D eigenvalue weighted by atomic mass is 9.85. The van der Waals surface area contributed by atoms with Gasteiger partial charge in [-0.25, -0.2) is 4.39 Å². The van der Waals surface area contributed by atoms with Gasteiger partial charge in [-0.1, -0.05) is 47.5 Å². The van der Waals surface area contributed by atoms with Crippen LogP contribution < -0.4 is 5.48 Å². The highest BCUT2D eigenvalue weighted by Gasteiger charge is 2.60. The van der Waals surface area contributed by atoms with E-state index in [0.717, 1.165) is 23.1 Å². The number of aliphatic hydroxyl groups is 1. The topological polar surface area (TPSA) is 61.8 Å². The molecular formula is C22H15Cl2F7N2O3. The van der Waals surface area contributed by atoms with Crippen molar-refractivity contribution >= 4 is 34.8 Å². The summed E-state index contributed by atoms with van der Waals surface area (Å²) in [5.74, 6) is -2.26. The van der Waals surface area contributed by atoms with E-state index < -0.39 is 57.3 Å². The molecule has 1 unspecified atom stereocenters. The van der Waals surface area contributed by atoms with Gasteiger partial charge < -0.3 is 10.0 Å². The molecule has 1 atom stereocenters. The SMILES string of the molecule is O=C(CC(F)(F)F)N1CC(O)(c2ccc(C3=CC(c4cc(Cl)c(F)c(Cl)c4)(C(F)(F)F)ON3)cc2)C1. The maximum Gasteiger partial charge on any atom is 0.428 e. The monoisotopic (exact) mass is 558 g/mol. The number of nitrogens with one attached hydrogen (secondary N) is 1. The summed E-state index contributed by atoms with van der Waals surface area (Å²) in [6, 6.07) is 6.93. The number of rotatable bonds is 4. The third kappa shape index (κ3) is 4.74.